The Morgan fingerprint density at radius 3 is 2.47 bits per heavy atom. The fourth-order valence-corrected chi connectivity index (χ4v) is 2.75. The number of nitrogens with zero attached hydrogens (tertiary/aromatic N) is 1. The van der Waals surface area contributed by atoms with Gasteiger partial charge < -0.3 is 15.7 Å². The van der Waals surface area contributed by atoms with E-state index in [4.69, 9.17) is 5.73 Å². The molecule has 0 amide bonds. The maximum Gasteiger partial charge on any atom is 0.0611 e. The summed E-state index contributed by atoms with van der Waals surface area (Å²) in [7, 11) is 2.24. The van der Waals surface area contributed by atoms with E-state index in [9.17, 15) is 5.11 Å². The molecule has 17 heavy (non-hydrogen) atoms. The molecule has 3 nitrogen and oxygen atoms in total. The molecule has 1 aliphatic carbocycles. The van der Waals surface area contributed by atoms with Gasteiger partial charge in [0.1, 0.15) is 0 Å². The SMILES string of the molecule is CCC(N)(CO)CCCN(C)C1CCCCC1. The van der Waals surface area contributed by atoms with E-state index in [-0.39, 0.29) is 12.1 Å². The molecule has 0 aromatic heterocycles. The lowest BCUT2D eigenvalue weighted by Crippen LogP contribution is -2.44. The van der Waals surface area contributed by atoms with Crippen LogP contribution in [0.5, 0.6) is 0 Å². The Morgan fingerprint density at radius 1 is 1.29 bits per heavy atom. The number of rotatable bonds is 7. The minimum Gasteiger partial charge on any atom is -0.394 e. The van der Waals surface area contributed by atoms with Gasteiger partial charge in [-0.15, -0.1) is 0 Å². The van der Waals surface area contributed by atoms with Crippen molar-refractivity contribution >= 4 is 0 Å². The fourth-order valence-electron chi connectivity index (χ4n) is 2.75. The van der Waals surface area contributed by atoms with Crippen LogP contribution in [0.1, 0.15) is 58.3 Å². The first-order valence-corrected chi connectivity index (χ1v) is 7.21. The number of aliphatic hydroxyl groups is 1. The van der Waals surface area contributed by atoms with E-state index in [0.29, 0.717) is 0 Å². The first-order valence-electron chi connectivity index (χ1n) is 7.21. The highest BCUT2D eigenvalue weighted by Crippen LogP contribution is 2.22. The Kier molecular flexibility index (Phi) is 6.45. The molecule has 1 unspecified atom stereocenters. The molecule has 0 spiro atoms. The van der Waals surface area contributed by atoms with Crippen LogP contribution >= 0.6 is 0 Å². The van der Waals surface area contributed by atoms with Crippen molar-refractivity contribution in [3.63, 3.8) is 0 Å². The van der Waals surface area contributed by atoms with Gasteiger partial charge in [0.25, 0.3) is 0 Å². The highest BCUT2D eigenvalue weighted by atomic mass is 16.3. The van der Waals surface area contributed by atoms with Crippen molar-refractivity contribution in [1.29, 1.82) is 0 Å². The second kappa shape index (κ2) is 7.34. The molecule has 0 bridgehead atoms. The average Bonchev–Trinajstić information content (AvgIpc) is 2.39. The van der Waals surface area contributed by atoms with Crippen LogP contribution in [-0.2, 0) is 0 Å². The highest BCUT2D eigenvalue weighted by molar-refractivity contribution is 4.82. The maximum absolute atomic E-state index is 9.26. The average molecular weight is 242 g/mol. The molecule has 3 heteroatoms. The Labute approximate surface area is 106 Å². The lowest BCUT2D eigenvalue weighted by atomic mass is 9.91. The summed E-state index contributed by atoms with van der Waals surface area (Å²) in [6, 6.07) is 0.784. The second-order valence-corrected chi connectivity index (χ2v) is 5.75. The van der Waals surface area contributed by atoms with Gasteiger partial charge in [-0.25, -0.2) is 0 Å². The Hall–Kier alpha value is -0.120. The van der Waals surface area contributed by atoms with Crippen molar-refractivity contribution in [2.45, 2.75) is 69.9 Å². The molecular weight excluding hydrogens is 212 g/mol. The van der Waals surface area contributed by atoms with Gasteiger partial charge >= 0.3 is 0 Å². The lowest BCUT2D eigenvalue weighted by Gasteiger charge is -2.32. The quantitative estimate of drug-likeness (QED) is 0.719. The predicted octanol–water partition coefficient (Wildman–Crippen LogP) is 2.13. The van der Waals surface area contributed by atoms with Gasteiger partial charge in [0.05, 0.1) is 6.61 Å². The monoisotopic (exact) mass is 242 g/mol. The van der Waals surface area contributed by atoms with E-state index in [2.05, 4.69) is 18.9 Å². The molecule has 3 N–H and O–H groups in total. The zero-order valence-electron chi connectivity index (χ0n) is 11.6. The molecule has 0 heterocycles. The molecule has 0 radical (unpaired) electrons. The van der Waals surface area contributed by atoms with E-state index in [0.717, 1.165) is 31.8 Å². The summed E-state index contributed by atoms with van der Waals surface area (Å²) < 4.78 is 0. The zero-order valence-corrected chi connectivity index (χ0v) is 11.6. The Morgan fingerprint density at radius 2 is 1.94 bits per heavy atom. The molecule has 0 aromatic rings. The third-order valence-electron chi connectivity index (χ3n) is 4.40. The topological polar surface area (TPSA) is 49.5 Å². The van der Waals surface area contributed by atoms with Gasteiger partial charge in [-0.05, 0) is 45.7 Å². The fraction of sp³-hybridized carbons (Fsp3) is 1.00. The minimum absolute atomic E-state index is 0.108. The van der Waals surface area contributed by atoms with Crippen LogP contribution < -0.4 is 5.73 Å². The summed E-state index contributed by atoms with van der Waals surface area (Å²) in [5.74, 6) is 0. The van der Waals surface area contributed by atoms with Gasteiger partial charge in [-0.1, -0.05) is 26.2 Å². The predicted molar refractivity (Wildman–Crippen MR) is 73.0 cm³/mol. The Bertz CT molecular complexity index is 198. The van der Waals surface area contributed by atoms with Crippen molar-refractivity contribution in [3.8, 4) is 0 Å². The van der Waals surface area contributed by atoms with Crippen LogP contribution in [0.25, 0.3) is 0 Å². The molecule has 1 rings (SSSR count). The molecule has 0 aromatic carbocycles. The standard InChI is InChI=1S/C14H30N2O/c1-3-14(15,12-17)10-7-11-16(2)13-8-5-4-6-9-13/h13,17H,3-12,15H2,1-2H3. The number of hydrogen-bond acceptors (Lipinski definition) is 3. The third-order valence-corrected chi connectivity index (χ3v) is 4.40. The van der Waals surface area contributed by atoms with Crippen LogP contribution in [0.15, 0.2) is 0 Å². The van der Waals surface area contributed by atoms with Crippen LogP contribution in [-0.4, -0.2) is 41.8 Å². The summed E-state index contributed by atoms with van der Waals surface area (Å²) in [4.78, 5) is 2.49. The highest BCUT2D eigenvalue weighted by Gasteiger charge is 2.22. The van der Waals surface area contributed by atoms with E-state index < -0.39 is 0 Å². The molecule has 1 saturated carbocycles. The van der Waals surface area contributed by atoms with Crippen molar-refractivity contribution < 1.29 is 5.11 Å². The summed E-state index contributed by atoms with van der Waals surface area (Å²) in [6.07, 6.45) is 9.79. The summed E-state index contributed by atoms with van der Waals surface area (Å²) in [5.41, 5.74) is 5.74. The van der Waals surface area contributed by atoms with Crippen molar-refractivity contribution in [1.82, 2.24) is 4.90 Å². The van der Waals surface area contributed by atoms with Crippen molar-refractivity contribution in [2.24, 2.45) is 5.73 Å². The van der Waals surface area contributed by atoms with Crippen LogP contribution in [0.4, 0.5) is 0 Å². The van der Waals surface area contributed by atoms with E-state index in [1.165, 1.54) is 32.1 Å². The van der Waals surface area contributed by atoms with Crippen LogP contribution in [0.2, 0.25) is 0 Å². The molecule has 102 valence electrons. The lowest BCUT2D eigenvalue weighted by molar-refractivity contribution is 0.157. The van der Waals surface area contributed by atoms with E-state index >= 15 is 0 Å². The zero-order chi connectivity index (χ0) is 12.7. The van der Waals surface area contributed by atoms with Gasteiger partial charge in [-0.2, -0.15) is 0 Å². The largest absolute Gasteiger partial charge is 0.394 e. The normalized spacial score (nSPS) is 21.7. The van der Waals surface area contributed by atoms with Gasteiger partial charge in [0.2, 0.25) is 0 Å². The van der Waals surface area contributed by atoms with Gasteiger partial charge in [0.15, 0.2) is 0 Å². The Balaban J connectivity index is 2.20. The smallest absolute Gasteiger partial charge is 0.0611 e. The number of hydrogen-bond donors (Lipinski definition) is 2. The van der Waals surface area contributed by atoms with E-state index in [1.54, 1.807) is 0 Å². The number of aliphatic hydroxyl groups excluding tert-OH is 1. The summed E-state index contributed by atoms with van der Waals surface area (Å²) in [5, 5.41) is 9.26. The molecular formula is C14H30N2O. The molecule has 1 atom stereocenters. The minimum atomic E-state index is -0.354. The summed E-state index contributed by atoms with van der Waals surface area (Å²) in [6.45, 7) is 3.28. The second-order valence-electron chi connectivity index (χ2n) is 5.75. The first kappa shape index (κ1) is 14.9. The van der Waals surface area contributed by atoms with Crippen LogP contribution in [0, 0.1) is 0 Å². The molecule has 1 aliphatic rings. The first-order chi connectivity index (χ1) is 8.11. The molecule has 0 saturated heterocycles. The number of nitrogens with two attached hydrogens (primary N) is 1. The van der Waals surface area contributed by atoms with E-state index in [1.807, 2.05) is 0 Å². The molecule has 0 aliphatic heterocycles. The molecule has 1 fully saturated rings. The van der Waals surface area contributed by atoms with Crippen LogP contribution in [0.3, 0.4) is 0 Å². The van der Waals surface area contributed by atoms with Gasteiger partial charge in [-0.3, -0.25) is 0 Å². The van der Waals surface area contributed by atoms with Crippen molar-refractivity contribution in [3.05, 3.63) is 0 Å². The van der Waals surface area contributed by atoms with Gasteiger partial charge in [0, 0.05) is 11.6 Å². The summed E-state index contributed by atoms with van der Waals surface area (Å²) >= 11 is 0. The third kappa shape index (κ3) is 4.94. The van der Waals surface area contributed by atoms with Crippen molar-refractivity contribution in [2.75, 3.05) is 20.2 Å². The maximum atomic E-state index is 9.26.